The number of hydrogen-bond acceptors (Lipinski definition) is 5. The van der Waals surface area contributed by atoms with Crippen LogP contribution in [-0.2, 0) is 9.59 Å². The topological polar surface area (TPSA) is 105 Å². The summed E-state index contributed by atoms with van der Waals surface area (Å²) in [6, 6.07) is 14.5. The summed E-state index contributed by atoms with van der Waals surface area (Å²) in [7, 11) is 0. The molecule has 1 heterocycles. The number of aliphatic imine (C=N–C) groups is 1. The number of rotatable bonds is 5. The van der Waals surface area contributed by atoms with Crippen LogP contribution in [0.1, 0.15) is 36.5 Å². The Labute approximate surface area is 185 Å². The van der Waals surface area contributed by atoms with Crippen LogP contribution >= 0.6 is 11.8 Å². The molecule has 2 aromatic rings. The number of nitrogens with one attached hydrogen (secondary N) is 1. The third-order valence-electron chi connectivity index (χ3n) is 4.62. The second-order valence-electron chi connectivity index (χ2n) is 7.42. The lowest BCUT2D eigenvalue weighted by Gasteiger charge is -2.17. The van der Waals surface area contributed by atoms with Gasteiger partial charge in [-0.3, -0.25) is 19.8 Å². The van der Waals surface area contributed by atoms with Crippen LogP contribution in [0, 0.1) is 6.92 Å². The van der Waals surface area contributed by atoms with Gasteiger partial charge in [-0.1, -0.05) is 67.6 Å². The average molecular weight is 437 g/mol. The van der Waals surface area contributed by atoms with Crippen LogP contribution in [0.4, 0.5) is 10.5 Å². The van der Waals surface area contributed by atoms with Crippen molar-refractivity contribution in [1.29, 1.82) is 0 Å². The molecule has 0 bridgehead atoms. The molecule has 160 valence electrons. The lowest BCUT2D eigenvalue weighted by Crippen LogP contribution is -2.37. The number of imide groups is 1. The van der Waals surface area contributed by atoms with E-state index in [1.807, 2.05) is 60.8 Å². The van der Waals surface area contributed by atoms with Gasteiger partial charge in [0.25, 0.3) is 5.91 Å². The number of carbonyl (C=O) groups excluding carboxylic acids is 3. The van der Waals surface area contributed by atoms with Crippen LogP contribution < -0.4 is 16.0 Å². The summed E-state index contributed by atoms with van der Waals surface area (Å²) in [6.07, 6.45) is 1.73. The summed E-state index contributed by atoms with van der Waals surface area (Å²) >= 11 is 1.06. The molecular weight excluding hydrogens is 412 g/mol. The minimum absolute atomic E-state index is 0.103. The van der Waals surface area contributed by atoms with Gasteiger partial charge in [0.1, 0.15) is 5.70 Å². The van der Waals surface area contributed by atoms with Gasteiger partial charge in [0.2, 0.25) is 5.91 Å². The molecule has 8 heteroatoms. The zero-order valence-electron chi connectivity index (χ0n) is 17.6. The first-order valence-corrected chi connectivity index (χ1v) is 10.8. The Morgan fingerprint density at radius 1 is 1.13 bits per heavy atom. The molecule has 1 aliphatic rings. The van der Waals surface area contributed by atoms with Gasteiger partial charge in [0.05, 0.1) is 11.4 Å². The Balaban J connectivity index is 1.90. The molecule has 3 N–H and O–H groups in total. The van der Waals surface area contributed by atoms with E-state index in [4.69, 9.17) is 5.73 Å². The zero-order chi connectivity index (χ0) is 22.5. The van der Waals surface area contributed by atoms with Crippen LogP contribution in [-0.4, -0.2) is 28.8 Å². The summed E-state index contributed by atoms with van der Waals surface area (Å²) in [5, 5.41) is 2.37. The molecule has 0 saturated carbocycles. The first kappa shape index (κ1) is 22.3. The SMILES string of the molecule is Cc1ccc(N2C(=O)/C(=C/c3ccc(C(C)C)cc3)N=C2SCC(=O)NC(N)=O)cc1. The minimum Gasteiger partial charge on any atom is -0.351 e. The minimum atomic E-state index is -0.921. The summed E-state index contributed by atoms with van der Waals surface area (Å²) in [4.78, 5) is 41.8. The fourth-order valence-corrected chi connectivity index (χ4v) is 3.77. The summed E-state index contributed by atoms with van der Waals surface area (Å²) < 4.78 is 0. The van der Waals surface area contributed by atoms with E-state index >= 15 is 0 Å². The number of nitrogens with two attached hydrogens (primary N) is 1. The number of amides is 4. The molecule has 0 spiro atoms. The van der Waals surface area contributed by atoms with Gasteiger partial charge in [0.15, 0.2) is 5.17 Å². The van der Waals surface area contributed by atoms with E-state index in [0.29, 0.717) is 16.8 Å². The monoisotopic (exact) mass is 436 g/mol. The molecule has 0 fully saturated rings. The number of benzene rings is 2. The molecule has 2 aromatic carbocycles. The van der Waals surface area contributed by atoms with Crippen LogP contribution in [0.2, 0.25) is 0 Å². The average Bonchev–Trinajstić information content (AvgIpc) is 3.02. The Morgan fingerprint density at radius 3 is 2.35 bits per heavy atom. The molecule has 1 aliphatic heterocycles. The second kappa shape index (κ2) is 9.61. The van der Waals surface area contributed by atoms with E-state index in [2.05, 4.69) is 18.8 Å². The molecular formula is C23H24N4O3S. The molecule has 0 aromatic heterocycles. The van der Waals surface area contributed by atoms with Crippen molar-refractivity contribution in [3.8, 4) is 0 Å². The predicted octanol–water partition coefficient (Wildman–Crippen LogP) is 3.79. The third kappa shape index (κ3) is 5.61. The molecule has 31 heavy (non-hydrogen) atoms. The number of amidine groups is 1. The van der Waals surface area contributed by atoms with Crippen molar-refractivity contribution in [1.82, 2.24) is 5.32 Å². The van der Waals surface area contributed by atoms with Crippen molar-refractivity contribution < 1.29 is 14.4 Å². The first-order valence-electron chi connectivity index (χ1n) is 9.78. The van der Waals surface area contributed by atoms with Crippen molar-refractivity contribution >= 4 is 46.5 Å². The van der Waals surface area contributed by atoms with Crippen molar-refractivity contribution in [3.63, 3.8) is 0 Å². The Morgan fingerprint density at radius 2 is 1.77 bits per heavy atom. The molecule has 7 nitrogen and oxygen atoms in total. The number of thioether (sulfide) groups is 1. The van der Waals surface area contributed by atoms with Crippen LogP contribution in [0.5, 0.6) is 0 Å². The van der Waals surface area contributed by atoms with E-state index in [1.54, 1.807) is 6.08 Å². The van der Waals surface area contributed by atoms with E-state index in [1.165, 1.54) is 10.5 Å². The first-order chi connectivity index (χ1) is 14.7. The maximum Gasteiger partial charge on any atom is 0.318 e. The van der Waals surface area contributed by atoms with E-state index < -0.39 is 11.9 Å². The lowest BCUT2D eigenvalue weighted by atomic mass is 10.0. The second-order valence-corrected chi connectivity index (χ2v) is 8.37. The van der Waals surface area contributed by atoms with Crippen molar-refractivity contribution in [3.05, 3.63) is 70.9 Å². The highest BCUT2D eigenvalue weighted by atomic mass is 32.2. The van der Waals surface area contributed by atoms with Gasteiger partial charge in [-0.2, -0.15) is 0 Å². The van der Waals surface area contributed by atoms with E-state index in [9.17, 15) is 14.4 Å². The quantitative estimate of drug-likeness (QED) is 0.696. The maximum atomic E-state index is 13.2. The smallest absolute Gasteiger partial charge is 0.318 e. The largest absolute Gasteiger partial charge is 0.351 e. The highest BCUT2D eigenvalue weighted by molar-refractivity contribution is 8.14. The predicted molar refractivity (Wildman–Crippen MR) is 125 cm³/mol. The number of nitrogens with zero attached hydrogens (tertiary/aromatic N) is 2. The van der Waals surface area contributed by atoms with Crippen molar-refractivity contribution in [2.45, 2.75) is 26.7 Å². The van der Waals surface area contributed by atoms with Gasteiger partial charge in [-0.05, 0) is 42.2 Å². The van der Waals surface area contributed by atoms with Crippen molar-refractivity contribution in [2.24, 2.45) is 10.7 Å². The van der Waals surface area contributed by atoms with Gasteiger partial charge in [0, 0.05) is 0 Å². The molecule has 3 rings (SSSR count). The summed E-state index contributed by atoms with van der Waals surface area (Å²) in [6.45, 7) is 6.20. The molecule has 0 atom stereocenters. The number of aryl methyl sites for hydroxylation is 1. The number of hydrogen-bond donors (Lipinski definition) is 2. The van der Waals surface area contributed by atoms with E-state index in [-0.39, 0.29) is 17.4 Å². The zero-order valence-corrected chi connectivity index (χ0v) is 18.4. The van der Waals surface area contributed by atoms with Crippen LogP contribution in [0.15, 0.2) is 59.2 Å². The lowest BCUT2D eigenvalue weighted by molar-refractivity contribution is -0.117. The molecule has 0 aliphatic carbocycles. The summed E-state index contributed by atoms with van der Waals surface area (Å²) in [5.74, 6) is -0.527. The maximum absolute atomic E-state index is 13.2. The number of anilines is 1. The fraction of sp³-hybridized carbons (Fsp3) is 0.217. The van der Waals surface area contributed by atoms with Gasteiger partial charge < -0.3 is 5.73 Å². The molecule has 0 radical (unpaired) electrons. The van der Waals surface area contributed by atoms with Gasteiger partial charge in [-0.15, -0.1) is 0 Å². The van der Waals surface area contributed by atoms with Gasteiger partial charge >= 0.3 is 6.03 Å². The summed E-state index contributed by atoms with van der Waals surface area (Å²) in [5.41, 5.74) is 9.04. The third-order valence-corrected chi connectivity index (χ3v) is 5.56. The molecule has 0 saturated heterocycles. The normalized spacial score (nSPS) is 14.8. The van der Waals surface area contributed by atoms with E-state index in [0.717, 1.165) is 22.9 Å². The number of carbonyl (C=O) groups is 3. The van der Waals surface area contributed by atoms with Crippen LogP contribution in [0.25, 0.3) is 6.08 Å². The number of urea groups is 1. The molecule has 4 amide bonds. The van der Waals surface area contributed by atoms with Crippen LogP contribution in [0.3, 0.4) is 0 Å². The highest BCUT2D eigenvalue weighted by Crippen LogP contribution is 2.29. The van der Waals surface area contributed by atoms with Crippen molar-refractivity contribution in [2.75, 3.05) is 10.7 Å². The Kier molecular flexibility index (Phi) is 6.91. The standard InChI is InChI=1S/C23H24N4O3S/c1-14(2)17-8-6-16(7-9-17)12-19-21(29)27(18-10-4-15(3)5-11-18)23(25-19)31-13-20(28)26-22(24)30/h4-12,14H,13H2,1-3H3,(H3,24,26,28,30)/b19-12-. The Bertz CT molecular complexity index is 1060. The molecule has 0 unspecified atom stereocenters. The number of primary amides is 1. The fourth-order valence-electron chi connectivity index (χ4n) is 2.95. The Hall–Kier alpha value is -3.39. The highest BCUT2D eigenvalue weighted by Gasteiger charge is 2.32. The van der Waals surface area contributed by atoms with Gasteiger partial charge in [-0.25, -0.2) is 9.79 Å².